The third-order valence-electron chi connectivity index (χ3n) is 4.14. The smallest absolute Gasteiger partial charge is 0.319 e. The number of urea groups is 1. The van der Waals surface area contributed by atoms with E-state index in [1.807, 2.05) is 6.92 Å². The molecule has 0 spiro atoms. The lowest BCUT2D eigenvalue weighted by Gasteiger charge is -2.23. The molecular weight excluding hydrogens is 272 g/mol. The number of benzene rings is 1. The van der Waals surface area contributed by atoms with Crippen molar-refractivity contribution in [3.63, 3.8) is 0 Å². The maximum atomic E-state index is 11.7. The molecule has 0 bridgehead atoms. The van der Waals surface area contributed by atoms with Crippen molar-refractivity contribution in [1.82, 2.24) is 0 Å². The van der Waals surface area contributed by atoms with Gasteiger partial charge in [-0.3, -0.25) is 4.90 Å². The number of unbranched alkanes of at least 4 members (excludes halogenated alkanes) is 4. The lowest BCUT2D eigenvalue weighted by molar-refractivity contribution is 0.254. The fourth-order valence-electron chi connectivity index (χ4n) is 2.82. The maximum absolute atomic E-state index is 11.7. The number of hydrogen-bond acceptors (Lipinski definition) is 1. The fraction of sp³-hybridized carbons (Fsp3) is 0.632. The van der Waals surface area contributed by atoms with E-state index < -0.39 is 0 Å². The minimum atomic E-state index is -0.357. The van der Waals surface area contributed by atoms with Crippen molar-refractivity contribution in [3.8, 4) is 0 Å². The molecule has 2 N–H and O–H groups in total. The second kappa shape index (κ2) is 10.3. The first-order valence-corrected chi connectivity index (χ1v) is 8.82. The van der Waals surface area contributed by atoms with E-state index in [2.05, 4.69) is 32.0 Å². The second-order valence-electron chi connectivity index (χ2n) is 5.96. The van der Waals surface area contributed by atoms with Crippen molar-refractivity contribution < 1.29 is 4.79 Å². The third kappa shape index (κ3) is 5.70. The monoisotopic (exact) mass is 304 g/mol. The van der Waals surface area contributed by atoms with Gasteiger partial charge in [-0.05, 0) is 49.8 Å². The van der Waals surface area contributed by atoms with Crippen molar-refractivity contribution >= 4 is 11.7 Å². The van der Waals surface area contributed by atoms with Crippen LogP contribution in [0.15, 0.2) is 18.2 Å². The van der Waals surface area contributed by atoms with Crippen molar-refractivity contribution in [2.24, 2.45) is 5.73 Å². The quantitative estimate of drug-likeness (QED) is 0.604. The number of carbonyl (C=O) groups is 1. The molecule has 0 aromatic heterocycles. The summed E-state index contributed by atoms with van der Waals surface area (Å²) in [7, 11) is 0. The Morgan fingerprint density at radius 1 is 1.00 bits per heavy atom. The Labute approximate surface area is 135 Å². The molecule has 0 aliphatic rings. The summed E-state index contributed by atoms with van der Waals surface area (Å²) in [6.45, 7) is 7.02. The van der Waals surface area contributed by atoms with Gasteiger partial charge in [0.15, 0.2) is 0 Å². The van der Waals surface area contributed by atoms with Crippen LogP contribution in [0.1, 0.15) is 70.4 Å². The van der Waals surface area contributed by atoms with Crippen molar-refractivity contribution in [2.75, 3.05) is 11.4 Å². The van der Waals surface area contributed by atoms with E-state index in [1.165, 1.54) is 43.2 Å². The summed E-state index contributed by atoms with van der Waals surface area (Å²) < 4.78 is 0. The van der Waals surface area contributed by atoms with E-state index in [0.717, 1.165) is 24.9 Å². The van der Waals surface area contributed by atoms with Gasteiger partial charge < -0.3 is 5.73 Å². The zero-order valence-electron chi connectivity index (χ0n) is 14.5. The van der Waals surface area contributed by atoms with Gasteiger partial charge in [0, 0.05) is 12.2 Å². The molecule has 0 unspecified atom stereocenters. The molecule has 1 aromatic rings. The third-order valence-corrected chi connectivity index (χ3v) is 4.14. The average molecular weight is 304 g/mol. The molecule has 3 heteroatoms. The van der Waals surface area contributed by atoms with Crippen LogP contribution in [0.3, 0.4) is 0 Å². The Balaban J connectivity index is 2.96. The summed E-state index contributed by atoms with van der Waals surface area (Å²) in [5, 5.41) is 0. The van der Waals surface area contributed by atoms with Crippen LogP contribution < -0.4 is 10.6 Å². The molecule has 0 fully saturated rings. The molecule has 0 heterocycles. The number of nitrogens with two attached hydrogens (primary N) is 1. The Morgan fingerprint density at radius 3 is 2.18 bits per heavy atom. The maximum Gasteiger partial charge on any atom is 0.319 e. The summed E-state index contributed by atoms with van der Waals surface area (Å²) >= 11 is 0. The average Bonchev–Trinajstić information content (AvgIpc) is 2.50. The minimum Gasteiger partial charge on any atom is -0.351 e. The highest BCUT2D eigenvalue weighted by atomic mass is 16.2. The molecule has 1 rings (SSSR count). The molecular formula is C19H32N2O. The van der Waals surface area contributed by atoms with Crippen LogP contribution >= 0.6 is 0 Å². The van der Waals surface area contributed by atoms with Gasteiger partial charge in [-0.1, -0.05) is 51.7 Å². The summed E-state index contributed by atoms with van der Waals surface area (Å²) in [5.41, 5.74) is 9.13. The highest BCUT2D eigenvalue weighted by molar-refractivity contribution is 5.91. The van der Waals surface area contributed by atoms with Crippen molar-refractivity contribution in [1.29, 1.82) is 0 Å². The Hall–Kier alpha value is -1.51. The SMILES string of the molecule is CCCCCc1ccc(CCCCC)c(N(CC)C(N)=O)c1. The standard InChI is InChI=1S/C19H32N2O/c1-4-7-9-11-16-13-14-17(12-10-8-5-2)18(15-16)21(6-3)19(20)22/h13-15H,4-12H2,1-3H3,(H2,20,22). The molecule has 22 heavy (non-hydrogen) atoms. The largest absolute Gasteiger partial charge is 0.351 e. The Kier molecular flexibility index (Phi) is 8.64. The topological polar surface area (TPSA) is 46.3 Å². The number of primary amides is 1. The van der Waals surface area contributed by atoms with Crippen molar-refractivity contribution in [3.05, 3.63) is 29.3 Å². The molecule has 0 aliphatic carbocycles. The van der Waals surface area contributed by atoms with Crippen LogP contribution in [0, 0.1) is 0 Å². The predicted octanol–water partition coefficient (Wildman–Crippen LogP) is 5.06. The summed E-state index contributed by atoms with van der Waals surface area (Å²) in [6.07, 6.45) is 9.36. The number of hydrogen-bond donors (Lipinski definition) is 1. The molecule has 2 amide bonds. The highest BCUT2D eigenvalue weighted by Gasteiger charge is 2.15. The molecule has 0 saturated carbocycles. The number of aryl methyl sites for hydroxylation is 2. The number of amides is 2. The van der Waals surface area contributed by atoms with Gasteiger partial charge in [0.25, 0.3) is 0 Å². The zero-order chi connectivity index (χ0) is 16.4. The highest BCUT2D eigenvalue weighted by Crippen LogP contribution is 2.25. The van der Waals surface area contributed by atoms with Crippen LogP contribution in [-0.4, -0.2) is 12.6 Å². The van der Waals surface area contributed by atoms with Crippen LogP contribution in [0.5, 0.6) is 0 Å². The molecule has 124 valence electrons. The molecule has 0 atom stereocenters. The normalized spacial score (nSPS) is 10.7. The van der Waals surface area contributed by atoms with E-state index in [9.17, 15) is 4.79 Å². The van der Waals surface area contributed by atoms with Crippen LogP contribution in [0.4, 0.5) is 10.5 Å². The zero-order valence-corrected chi connectivity index (χ0v) is 14.5. The number of anilines is 1. The lowest BCUT2D eigenvalue weighted by atomic mass is 9.99. The summed E-state index contributed by atoms with van der Waals surface area (Å²) in [6, 6.07) is 6.23. The van der Waals surface area contributed by atoms with E-state index in [1.54, 1.807) is 4.90 Å². The van der Waals surface area contributed by atoms with Gasteiger partial charge in [0.1, 0.15) is 0 Å². The first kappa shape index (κ1) is 18.5. The summed E-state index contributed by atoms with van der Waals surface area (Å²) in [5.74, 6) is 0. The van der Waals surface area contributed by atoms with Gasteiger partial charge in [-0.25, -0.2) is 4.79 Å². The van der Waals surface area contributed by atoms with E-state index in [0.29, 0.717) is 6.54 Å². The Bertz CT molecular complexity index is 457. The number of nitrogens with zero attached hydrogens (tertiary/aromatic N) is 1. The Morgan fingerprint density at radius 2 is 1.64 bits per heavy atom. The summed E-state index contributed by atoms with van der Waals surface area (Å²) in [4.78, 5) is 13.4. The van der Waals surface area contributed by atoms with E-state index in [-0.39, 0.29) is 6.03 Å². The van der Waals surface area contributed by atoms with Crippen LogP contribution in [-0.2, 0) is 12.8 Å². The molecule has 0 saturated heterocycles. The van der Waals surface area contributed by atoms with Gasteiger partial charge in [-0.15, -0.1) is 0 Å². The first-order valence-electron chi connectivity index (χ1n) is 8.82. The molecule has 0 radical (unpaired) electrons. The molecule has 1 aromatic carbocycles. The van der Waals surface area contributed by atoms with E-state index >= 15 is 0 Å². The van der Waals surface area contributed by atoms with Gasteiger partial charge in [0.05, 0.1) is 0 Å². The lowest BCUT2D eigenvalue weighted by Crippen LogP contribution is -2.36. The fourth-order valence-corrected chi connectivity index (χ4v) is 2.82. The number of rotatable bonds is 10. The first-order chi connectivity index (χ1) is 10.6. The van der Waals surface area contributed by atoms with Crippen LogP contribution in [0.25, 0.3) is 0 Å². The van der Waals surface area contributed by atoms with Gasteiger partial charge >= 0.3 is 6.03 Å². The number of carbonyl (C=O) groups excluding carboxylic acids is 1. The molecule has 3 nitrogen and oxygen atoms in total. The van der Waals surface area contributed by atoms with Gasteiger partial charge in [-0.2, -0.15) is 0 Å². The van der Waals surface area contributed by atoms with E-state index in [4.69, 9.17) is 5.73 Å². The molecule has 0 aliphatic heterocycles. The minimum absolute atomic E-state index is 0.357. The predicted molar refractivity (Wildman–Crippen MR) is 95.5 cm³/mol. The second-order valence-corrected chi connectivity index (χ2v) is 5.96. The van der Waals surface area contributed by atoms with Crippen LogP contribution in [0.2, 0.25) is 0 Å². The van der Waals surface area contributed by atoms with Gasteiger partial charge in [0.2, 0.25) is 0 Å². The van der Waals surface area contributed by atoms with Crippen molar-refractivity contribution in [2.45, 2.75) is 72.1 Å².